The average molecular weight is 481 g/mol. The molecule has 4 heterocycles. The summed E-state index contributed by atoms with van der Waals surface area (Å²) in [5.41, 5.74) is 7.47. The third-order valence-corrected chi connectivity index (χ3v) is 8.93. The van der Waals surface area contributed by atoms with Gasteiger partial charge in [0.2, 0.25) is 0 Å². The quantitative estimate of drug-likeness (QED) is 0.229. The third kappa shape index (κ3) is 2.58. The zero-order valence-corrected chi connectivity index (χ0v) is 21.3. The number of benzene rings is 4. The van der Waals surface area contributed by atoms with E-state index in [9.17, 15) is 0 Å². The van der Waals surface area contributed by atoms with E-state index in [2.05, 4.69) is 109 Å². The Morgan fingerprint density at radius 1 is 0.694 bits per heavy atom. The number of hydrogen-bond donors (Lipinski definition) is 0. The van der Waals surface area contributed by atoms with E-state index >= 15 is 0 Å². The second-order valence-corrected chi connectivity index (χ2v) is 11.9. The molecule has 0 fully saturated rings. The summed E-state index contributed by atoms with van der Waals surface area (Å²) in [4.78, 5) is 4.62. The van der Waals surface area contributed by atoms with Crippen molar-refractivity contribution in [3.63, 3.8) is 0 Å². The van der Waals surface area contributed by atoms with Gasteiger partial charge in [-0.3, -0.25) is 4.98 Å². The minimum absolute atomic E-state index is 0.0501. The van der Waals surface area contributed by atoms with Crippen LogP contribution in [0.5, 0.6) is 0 Å². The number of rotatable bonds is 1. The van der Waals surface area contributed by atoms with E-state index < -0.39 is 0 Å². The Kier molecular flexibility index (Phi) is 3.85. The van der Waals surface area contributed by atoms with Gasteiger partial charge < -0.3 is 4.40 Å². The molecule has 0 saturated carbocycles. The summed E-state index contributed by atoms with van der Waals surface area (Å²) in [6, 6.07) is 31.3. The molecule has 0 aliphatic rings. The first kappa shape index (κ1) is 20.3. The molecule has 0 amide bonds. The molecule has 8 rings (SSSR count). The molecule has 0 aliphatic heterocycles. The van der Waals surface area contributed by atoms with Crippen LogP contribution in [0.1, 0.15) is 26.3 Å². The smallest absolute Gasteiger partial charge is 0.0702 e. The first-order chi connectivity index (χ1) is 17.5. The predicted octanol–water partition coefficient (Wildman–Crippen LogP) is 9.56. The molecule has 0 atom stereocenters. The summed E-state index contributed by atoms with van der Waals surface area (Å²) in [6.07, 6.45) is 1.87. The Bertz CT molecular complexity index is 2120. The van der Waals surface area contributed by atoms with Crippen molar-refractivity contribution in [2.75, 3.05) is 0 Å². The van der Waals surface area contributed by atoms with Crippen molar-refractivity contribution in [1.29, 1.82) is 0 Å². The van der Waals surface area contributed by atoms with E-state index in [0.29, 0.717) is 0 Å². The maximum absolute atomic E-state index is 4.62. The maximum Gasteiger partial charge on any atom is 0.0702 e. The van der Waals surface area contributed by atoms with E-state index in [1.54, 1.807) is 0 Å². The lowest BCUT2D eigenvalue weighted by Crippen LogP contribution is -2.10. The minimum Gasteiger partial charge on any atom is -0.308 e. The van der Waals surface area contributed by atoms with E-state index in [0.717, 1.165) is 11.3 Å². The predicted molar refractivity (Wildman–Crippen MR) is 156 cm³/mol. The Labute approximate surface area is 212 Å². The molecule has 36 heavy (non-hydrogen) atoms. The topological polar surface area (TPSA) is 17.3 Å². The summed E-state index contributed by atoms with van der Waals surface area (Å²) in [6.45, 7) is 6.94. The van der Waals surface area contributed by atoms with Gasteiger partial charge in [0.25, 0.3) is 0 Å². The van der Waals surface area contributed by atoms with Gasteiger partial charge >= 0.3 is 0 Å². The van der Waals surface area contributed by atoms with Crippen molar-refractivity contribution in [1.82, 2.24) is 9.38 Å². The highest BCUT2D eigenvalue weighted by molar-refractivity contribution is 7.26. The second kappa shape index (κ2) is 6.83. The molecule has 0 N–H and O–H groups in total. The van der Waals surface area contributed by atoms with Crippen molar-refractivity contribution in [3.05, 3.63) is 96.7 Å². The van der Waals surface area contributed by atoms with Gasteiger partial charge in [-0.05, 0) is 59.5 Å². The highest BCUT2D eigenvalue weighted by atomic mass is 32.1. The summed E-state index contributed by atoms with van der Waals surface area (Å²) in [5, 5.41) is 8.08. The van der Waals surface area contributed by atoms with Crippen molar-refractivity contribution >= 4 is 69.6 Å². The van der Waals surface area contributed by atoms with E-state index in [4.69, 9.17) is 0 Å². The van der Waals surface area contributed by atoms with E-state index in [1.165, 1.54) is 63.8 Å². The fourth-order valence-corrected chi connectivity index (χ4v) is 7.20. The zero-order valence-electron chi connectivity index (χ0n) is 20.5. The molecule has 0 spiro atoms. The molecule has 0 aliphatic carbocycles. The van der Waals surface area contributed by atoms with Gasteiger partial charge in [0, 0.05) is 53.5 Å². The van der Waals surface area contributed by atoms with Crippen molar-refractivity contribution in [2.24, 2.45) is 0 Å². The fourth-order valence-electron chi connectivity index (χ4n) is 5.94. The van der Waals surface area contributed by atoms with Crippen LogP contribution in [0.2, 0.25) is 0 Å². The Morgan fingerprint density at radius 3 is 2.33 bits per heavy atom. The normalized spacial score (nSPS) is 12.9. The fraction of sp³-hybridized carbons (Fsp3) is 0.121. The largest absolute Gasteiger partial charge is 0.308 e. The summed E-state index contributed by atoms with van der Waals surface area (Å²) in [5.74, 6) is 0. The van der Waals surface area contributed by atoms with Crippen LogP contribution in [0.25, 0.3) is 69.5 Å². The molecule has 0 bridgehead atoms. The van der Waals surface area contributed by atoms with Gasteiger partial charge in [0.1, 0.15) is 0 Å². The van der Waals surface area contributed by atoms with Crippen LogP contribution in [0.15, 0.2) is 91.1 Å². The summed E-state index contributed by atoms with van der Waals surface area (Å²) < 4.78 is 5.24. The SMILES string of the molecule is CC(C)(C)c1cc2c3cc(-c4ccccn4)ccc3n3c4ccc5c6ccccc6sc5c4c(c1)c23. The number of hydrogen-bond acceptors (Lipinski definition) is 2. The highest BCUT2D eigenvalue weighted by Gasteiger charge is 2.24. The lowest BCUT2D eigenvalue weighted by atomic mass is 9.85. The standard InChI is InChI=1S/C33H24N2S/c1-33(2,3)20-17-24-23-16-19(26-9-6-7-15-34-26)11-13-27(23)35-28-14-12-22-21-8-4-5-10-29(21)36-32(22)30(28)25(18-20)31(24)35/h4-18H,1-3H3. The first-order valence-electron chi connectivity index (χ1n) is 12.5. The maximum atomic E-state index is 4.62. The summed E-state index contributed by atoms with van der Waals surface area (Å²) >= 11 is 1.92. The summed E-state index contributed by atoms with van der Waals surface area (Å²) in [7, 11) is 0. The molecule has 4 aromatic carbocycles. The molecule has 0 saturated heterocycles. The number of pyridine rings is 1. The monoisotopic (exact) mass is 480 g/mol. The first-order valence-corrected chi connectivity index (χ1v) is 13.3. The Balaban J connectivity index is 1.60. The molecule has 8 aromatic rings. The average Bonchev–Trinajstić information content (AvgIpc) is 3.54. The van der Waals surface area contributed by atoms with Crippen LogP contribution in [0, 0.1) is 0 Å². The number of aromatic nitrogens is 2. The molecule has 0 radical (unpaired) electrons. The van der Waals surface area contributed by atoms with Gasteiger partial charge in [-0.1, -0.05) is 57.2 Å². The van der Waals surface area contributed by atoms with Gasteiger partial charge in [-0.25, -0.2) is 0 Å². The van der Waals surface area contributed by atoms with Crippen LogP contribution in [0.3, 0.4) is 0 Å². The van der Waals surface area contributed by atoms with Gasteiger partial charge in [0.15, 0.2) is 0 Å². The Hall–Kier alpha value is -3.95. The van der Waals surface area contributed by atoms with Crippen LogP contribution in [-0.4, -0.2) is 9.38 Å². The van der Waals surface area contributed by atoms with Crippen molar-refractivity contribution in [3.8, 4) is 11.3 Å². The third-order valence-electron chi connectivity index (χ3n) is 7.72. The second-order valence-electron chi connectivity index (χ2n) is 10.9. The minimum atomic E-state index is 0.0501. The number of nitrogens with zero attached hydrogens (tertiary/aromatic N) is 2. The highest BCUT2D eigenvalue weighted by Crippen LogP contribution is 2.47. The van der Waals surface area contributed by atoms with E-state index in [1.807, 2.05) is 23.6 Å². The number of thiophene rings is 1. The van der Waals surface area contributed by atoms with Crippen LogP contribution < -0.4 is 0 Å². The van der Waals surface area contributed by atoms with Crippen LogP contribution in [0.4, 0.5) is 0 Å². The molecular formula is C33H24N2S. The molecule has 172 valence electrons. The molecular weight excluding hydrogens is 456 g/mol. The van der Waals surface area contributed by atoms with Crippen molar-refractivity contribution in [2.45, 2.75) is 26.2 Å². The van der Waals surface area contributed by atoms with Gasteiger partial charge in [0.05, 0.1) is 22.2 Å². The van der Waals surface area contributed by atoms with E-state index in [-0.39, 0.29) is 5.41 Å². The molecule has 2 nitrogen and oxygen atoms in total. The lowest BCUT2D eigenvalue weighted by molar-refractivity contribution is 0.592. The molecule has 0 unspecified atom stereocenters. The Morgan fingerprint density at radius 2 is 1.50 bits per heavy atom. The number of fused-ring (bicyclic) bond motifs is 10. The molecule has 4 aromatic heterocycles. The lowest BCUT2D eigenvalue weighted by Gasteiger charge is -2.19. The van der Waals surface area contributed by atoms with Crippen molar-refractivity contribution < 1.29 is 0 Å². The molecule has 3 heteroatoms. The van der Waals surface area contributed by atoms with Gasteiger partial charge in [-0.2, -0.15) is 0 Å². The van der Waals surface area contributed by atoms with Gasteiger partial charge in [-0.15, -0.1) is 11.3 Å². The van der Waals surface area contributed by atoms with Crippen LogP contribution >= 0.6 is 11.3 Å². The zero-order chi connectivity index (χ0) is 24.2. The van der Waals surface area contributed by atoms with Crippen LogP contribution in [-0.2, 0) is 5.41 Å².